The highest BCUT2D eigenvalue weighted by Crippen LogP contribution is 1.86. The Labute approximate surface area is 95.5 Å². The Morgan fingerprint density at radius 2 is 2.12 bits per heavy atom. The normalized spacial score (nSPS) is 20.2. The zero-order valence-corrected chi connectivity index (χ0v) is 9.64. The second-order valence-corrected chi connectivity index (χ2v) is 3.78. The van der Waals surface area contributed by atoms with Crippen LogP contribution < -0.4 is 21.3 Å². The SMILES string of the molecule is CCCNC(=O)CNC(=O)C1CNCCN1. The largest absolute Gasteiger partial charge is 0.355 e. The molecule has 1 unspecified atom stereocenters. The van der Waals surface area contributed by atoms with Gasteiger partial charge in [-0.1, -0.05) is 6.92 Å². The van der Waals surface area contributed by atoms with Crippen molar-refractivity contribution >= 4 is 11.8 Å². The molecular formula is C10H20N4O2. The lowest BCUT2D eigenvalue weighted by Gasteiger charge is -2.23. The van der Waals surface area contributed by atoms with Gasteiger partial charge in [-0.3, -0.25) is 9.59 Å². The van der Waals surface area contributed by atoms with Gasteiger partial charge in [0.2, 0.25) is 11.8 Å². The van der Waals surface area contributed by atoms with Crippen molar-refractivity contribution in [2.45, 2.75) is 19.4 Å². The number of hydrogen-bond donors (Lipinski definition) is 4. The lowest BCUT2D eigenvalue weighted by atomic mass is 10.2. The topological polar surface area (TPSA) is 82.3 Å². The number of rotatable bonds is 5. The summed E-state index contributed by atoms with van der Waals surface area (Å²) in [6, 6.07) is -0.229. The van der Waals surface area contributed by atoms with Crippen LogP contribution in [0.25, 0.3) is 0 Å². The quantitative estimate of drug-likeness (QED) is 0.447. The predicted octanol–water partition coefficient (Wildman–Crippen LogP) is -1.81. The average Bonchev–Trinajstić information content (AvgIpc) is 2.34. The van der Waals surface area contributed by atoms with Crippen molar-refractivity contribution in [2.24, 2.45) is 0 Å². The molecule has 0 spiro atoms. The monoisotopic (exact) mass is 228 g/mol. The van der Waals surface area contributed by atoms with E-state index < -0.39 is 0 Å². The van der Waals surface area contributed by atoms with Crippen molar-refractivity contribution < 1.29 is 9.59 Å². The van der Waals surface area contributed by atoms with Gasteiger partial charge in [0, 0.05) is 26.2 Å². The molecule has 0 aliphatic carbocycles. The smallest absolute Gasteiger partial charge is 0.239 e. The van der Waals surface area contributed by atoms with Crippen LogP contribution in [0.15, 0.2) is 0 Å². The number of amides is 2. The average molecular weight is 228 g/mol. The third-order valence-electron chi connectivity index (χ3n) is 2.35. The first-order valence-electron chi connectivity index (χ1n) is 5.72. The summed E-state index contributed by atoms with van der Waals surface area (Å²) in [5.74, 6) is -0.266. The standard InChI is InChI=1S/C10H20N4O2/c1-2-3-13-9(15)7-14-10(16)8-6-11-4-5-12-8/h8,11-12H,2-7H2,1H3,(H,13,15)(H,14,16). The van der Waals surface area contributed by atoms with Crippen LogP contribution in [-0.4, -0.2) is 50.6 Å². The third-order valence-corrected chi connectivity index (χ3v) is 2.35. The molecule has 0 aromatic heterocycles. The highest BCUT2D eigenvalue weighted by Gasteiger charge is 2.20. The van der Waals surface area contributed by atoms with Crippen molar-refractivity contribution in [3.8, 4) is 0 Å². The summed E-state index contributed by atoms with van der Waals surface area (Å²) in [5, 5.41) is 11.5. The summed E-state index contributed by atoms with van der Waals surface area (Å²) < 4.78 is 0. The van der Waals surface area contributed by atoms with E-state index in [9.17, 15) is 9.59 Å². The molecule has 0 saturated carbocycles. The fraction of sp³-hybridized carbons (Fsp3) is 0.800. The summed E-state index contributed by atoms with van der Waals surface area (Å²) in [6.07, 6.45) is 0.897. The molecule has 6 heteroatoms. The Bertz CT molecular complexity index is 239. The Kier molecular flexibility index (Phi) is 5.81. The van der Waals surface area contributed by atoms with E-state index in [2.05, 4.69) is 21.3 Å². The molecule has 0 radical (unpaired) electrons. The van der Waals surface area contributed by atoms with Crippen LogP contribution in [0.2, 0.25) is 0 Å². The molecule has 1 saturated heterocycles. The maximum absolute atomic E-state index is 11.6. The lowest BCUT2D eigenvalue weighted by molar-refractivity contribution is -0.127. The summed E-state index contributed by atoms with van der Waals surface area (Å²) in [6.45, 7) is 4.95. The fourth-order valence-corrected chi connectivity index (χ4v) is 1.46. The Morgan fingerprint density at radius 1 is 1.31 bits per heavy atom. The molecule has 1 atom stereocenters. The Hall–Kier alpha value is -1.14. The molecule has 0 bridgehead atoms. The first-order valence-corrected chi connectivity index (χ1v) is 5.72. The lowest BCUT2D eigenvalue weighted by Crippen LogP contribution is -2.56. The Morgan fingerprint density at radius 3 is 2.75 bits per heavy atom. The molecule has 0 aromatic carbocycles. The van der Waals surface area contributed by atoms with Crippen LogP contribution >= 0.6 is 0 Å². The van der Waals surface area contributed by atoms with Gasteiger partial charge in [0.1, 0.15) is 0 Å². The van der Waals surface area contributed by atoms with Crippen molar-refractivity contribution in [3.63, 3.8) is 0 Å². The number of piperazine rings is 1. The van der Waals surface area contributed by atoms with Crippen LogP contribution in [-0.2, 0) is 9.59 Å². The van der Waals surface area contributed by atoms with Gasteiger partial charge in [0.25, 0.3) is 0 Å². The van der Waals surface area contributed by atoms with Gasteiger partial charge >= 0.3 is 0 Å². The van der Waals surface area contributed by atoms with E-state index in [1.807, 2.05) is 6.92 Å². The van der Waals surface area contributed by atoms with Gasteiger partial charge in [0.05, 0.1) is 12.6 Å². The molecule has 92 valence electrons. The van der Waals surface area contributed by atoms with Gasteiger partial charge < -0.3 is 21.3 Å². The molecule has 1 aliphatic heterocycles. The summed E-state index contributed by atoms with van der Waals surface area (Å²) in [5.41, 5.74) is 0. The Balaban J connectivity index is 2.15. The van der Waals surface area contributed by atoms with Crippen molar-refractivity contribution in [2.75, 3.05) is 32.7 Å². The van der Waals surface area contributed by atoms with E-state index in [0.29, 0.717) is 13.1 Å². The van der Waals surface area contributed by atoms with Gasteiger partial charge in [-0.05, 0) is 6.42 Å². The highest BCUT2D eigenvalue weighted by molar-refractivity contribution is 5.87. The zero-order chi connectivity index (χ0) is 11.8. The van der Waals surface area contributed by atoms with Crippen molar-refractivity contribution in [1.29, 1.82) is 0 Å². The fourth-order valence-electron chi connectivity index (χ4n) is 1.46. The zero-order valence-electron chi connectivity index (χ0n) is 9.64. The van der Waals surface area contributed by atoms with Crippen LogP contribution in [0, 0.1) is 0 Å². The molecule has 1 heterocycles. The molecule has 1 aliphatic rings. The number of hydrogen-bond acceptors (Lipinski definition) is 4. The van der Waals surface area contributed by atoms with Crippen molar-refractivity contribution in [1.82, 2.24) is 21.3 Å². The van der Waals surface area contributed by atoms with E-state index in [4.69, 9.17) is 0 Å². The van der Waals surface area contributed by atoms with Crippen LogP contribution in [0.4, 0.5) is 0 Å². The first kappa shape index (κ1) is 12.9. The van der Waals surface area contributed by atoms with E-state index in [1.54, 1.807) is 0 Å². The number of carbonyl (C=O) groups is 2. The van der Waals surface area contributed by atoms with Gasteiger partial charge in [-0.2, -0.15) is 0 Å². The highest BCUT2D eigenvalue weighted by atomic mass is 16.2. The summed E-state index contributed by atoms with van der Waals surface area (Å²) >= 11 is 0. The minimum Gasteiger partial charge on any atom is -0.355 e. The van der Waals surface area contributed by atoms with E-state index in [-0.39, 0.29) is 24.4 Å². The minimum atomic E-state index is -0.229. The number of nitrogens with one attached hydrogen (secondary N) is 4. The molecular weight excluding hydrogens is 208 g/mol. The number of carbonyl (C=O) groups excluding carboxylic acids is 2. The molecule has 1 rings (SSSR count). The molecule has 0 aromatic rings. The molecule has 6 nitrogen and oxygen atoms in total. The maximum Gasteiger partial charge on any atom is 0.239 e. The second-order valence-electron chi connectivity index (χ2n) is 3.78. The summed E-state index contributed by atoms with van der Waals surface area (Å²) in [4.78, 5) is 22.8. The molecule has 2 amide bonds. The predicted molar refractivity (Wildman–Crippen MR) is 61.0 cm³/mol. The van der Waals surface area contributed by atoms with Crippen LogP contribution in [0.5, 0.6) is 0 Å². The summed E-state index contributed by atoms with van der Waals surface area (Å²) in [7, 11) is 0. The first-order chi connectivity index (χ1) is 7.74. The molecule has 4 N–H and O–H groups in total. The van der Waals surface area contributed by atoms with E-state index in [0.717, 1.165) is 19.5 Å². The van der Waals surface area contributed by atoms with Gasteiger partial charge in [0.15, 0.2) is 0 Å². The third kappa shape index (κ3) is 4.59. The molecule has 16 heavy (non-hydrogen) atoms. The van der Waals surface area contributed by atoms with Gasteiger partial charge in [-0.15, -0.1) is 0 Å². The second kappa shape index (κ2) is 7.19. The van der Waals surface area contributed by atoms with Gasteiger partial charge in [-0.25, -0.2) is 0 Å². The van der Waals surface area contributed by atoms with Crippen molar-refractivity contribution in [3.05, 3.63) is 0 Å². The minimum absolute atomic E-state index is 0.0526. The molecule has 1 fully saturated rings. The van der Waals surface area contributed by atoms with E-state index in [1.165, 1.54) is 0 Å². The van der Waals surface area contributed by atoms with Crippen LogP contribution in [0.3, 0.4) is 0 Å². The van der Waals surface area contributed by atoms with E-state index >= 15 is 0 Å². The maximum atomic E-state index is 11.6. The van der Waals surface area contributed by atoms with Crippen LogP contribution in [0.1, 0.15) is 13.3 Å².